The van der Waals surface area contributed by atoms with E-state index in [1.54, 1.807) is 0 Å². The summed E-state index contributed by atoms with van der Waals surface area (Å²) in [4.78, 5) is 30.7. The van der Waals surface area contributed by atoms with Gasteiger partial charge in [-0.3, -0.25) is 14.5 Å². The minimum Gasteiger partial charge on any atom is -0.378 e. The minimum absolute atomic E-state index is 0. The van der Waals surface area contributed by atoms with Gasteiger partial charge in [-0.05, 0) is 12.0 Å². The maximum Gasteiger partial charge on any atom is 0.239 e. The van der Waals surface area contributed by atoms with Crippen molar-refractivity contribution in [3.05, 3.63) is 35.9 Å². The number of nitrogens with two attached hydrogens (primary N) is 1. The van der Waals surface area contributed by atoms with E-state index in [0.717, 1.165) is 5.56 Å². The van der Waals surface area contributed by atoms with Gasteiger partial charge in [0, 0.05) is 39.3 Å². The molecule has 0 aromatic heterocycles. The van der Waals surface area contributed by atoms with Crippen molar-refractivity contribution in [1.29, 1.82) is 0 Å². The molecule has 158 valence electrons. The minimum atomic E-state index is -0.515. The normalized spacial score (nSPS) is 18.6. The zero-order valence-electron chi connectivity index (χ0n) is 16.0. The number of rotatable bonds is 5. The first-order valence-corrected chi connectivity index (χ1v) is 9.29. The molecular formula is C19H30Cl2N4O3. The van der Waals surface area contributed by atoms with Crippen LogP contribution >= 0.6 is 24.8 Å². The van der Waals surface area contributed by atoms with Gasteiger partial charge in [-0.1, -0.05) is 30.3 Å². The highest BCUT2D eigenvalue weighted by molar-refractivity contribution is 5.85. The van der Waals surface area contributed by atoms with Crippen LogP contribution in [-0.4, -0.2) is 91.6 Å². The summed E-state index contributed by atoms with van der Waals surface area (Å²) in [6, 6.07) is 9.32. The maximum absolute atomic E-state index is 12.6. The van der Waals surface area contributed by atoms with Crippen molar-refractivity contribution >= 4 is 36.6 Å². The van der Waals surface area contributed by atoms with Crippen LogP contribution in [0, 0.1) is 0 Å². The Kier molecular flexibility index (Phi) is 10.8. The lowest BCUT2D eigenvalue weighted by molar-refractivity contribution is -0.138. The predicted octanol–water partition coefficient (Wildman–Crippen LogP) is 0.403. The summed E-state index contributed by atoms with van der Waals surface area (Å²) in [5.74, 6) is 0.141. The number of hydrogen-bond acceptors (Lipinski definition) is 5. The molecule has 0 saturated carbocycles. The van der Waals surface area contributed by atoms with E-state index in [0.29, 0.717) is 65.4 Å². The van der Waals surface area contributed by atoms with Gasteiger partial charge in [0.15, 0.2) is 0 Å². The summed E-state index contributed by atoms with van der Waals surface area (Å²) in [5, 5.41) is 0. The molecule has 0 spiro atoms. The van der Waals surface area contributed by atoms with Crippen LogP contribution in [0.15, 0.2) is 30.3 Å². The van der Waals surface area contributed by atoms with E-state index in [9.17, 15) is 9.59 Å². The number of piperazine rings is 1. The maximum atomic E-state index is 12.6. The second kappa shape index (κ2) is 12.2. The Morgan fingerprint density at radius 1 is 0.929 bits per heavy atom. The molecule has 2 amide bonds. The molecule has 7 nitrogen and oxygen atoms in total. The van der Waals surface area contributed by atoms with Crippen LogP contribution in [-0.2, 0) is 20.7 Å². The van der Waals surface area contributed by atoms with Gasteiger partial charge >= 0.3 is 0 Å². The fourth-order valence-corrected chi connectivity index (χ4v) is 3.42. The van der Waals surface area contributed by atoms with E-state index in [1.807, 2.05) is 40.1 Å². The standard InChI is InChI=1S/C19H28N4O3.2ClH/c20-17(14-16-4-2-1-3-5-16)19(25)23-8-6-21(7-9-23)15-18(24)22-10-12-26-13-11-22;;/h1-5,17H,6-15,20H2;2*1H. The van der Waals surface area contributed by atoms with E-state index in [4.69, 9.17) is 10.5 Å². The summed E-state index contributed by atoms with van der Waals surface area (Å²) < 4.78 is 5.28. The number of hydrogen-bond donors (Lipinski definition) is 1. The predicted molar refractivity (Wildman–Crippen MR) is 113 cm³/mol. The molecule has 3 rings (SSSR count). The first kappa shape index (κ1) is 24.7. The molecule has 1 atom stereocenters. The summed E-state index contributed by atoms with van der Waals surface area (Å²) >= 11 is 0. The Bertz CT molecular complexity index is 606. The first-order valence-electron chi connectivity index (χ1n) is 9.29. The van der Waals surface area contributed by atoms with Crippen LogP contribution in [0.1, 0.15) is 5.56 Å². The van der Waals surface area contributed by atoms with Crippen LogP contribution in [0.4, 0.5) is 0 Å². The SMILES string of the molecule is Cl.Cl.NC(Cc1ccccc1)C(=O)N1CCN(CC(=O)N2CCOCC2)CC1. The van der Waals surface area contributed by atoms with Crippen molar-refractivity contribution in [3.63, 3.8) is 0 Å². The molecule has 2 saturated heterocycles. The average molecular weight is 433 g/mol. The van der Waals surface area contributed by atoms with Gasteiger partial charge in [-0.25, -0.2) is 0 Å². The smallest absolute Gasteiger partial charge is 0.239 e. The lowest BCUT2D eigenvalue weighted by Crippen LogP contribution is -2.55. The number of halogens is 2. The third-order valence-corrected chi connectivity index (χ3v) is 5.02. The second-order valence-electron chi connectivity index (χ2n) is 6.89. The zero-order chi connectivity index (χ0) is 18.4. The first-order chi connectivity index (χ1) is 12.6. The highest BCUT2D eigenvalue weighted by atomic mass is 35.5. The molecule has 1 unspecified atom stereocenters. The Morgan fingerprint density at radius 2 is 1.54 bits per heavy atom. The van der Waals surface area contributed by atoms with Gasteiger partial charge in [0.2, 0.25) is 11.8 Å². The van der Waals surface area contributed by atoms with Crippen LogP contribution in [0.5, 0.6) is 0 Å². The van der Waals surface area contributed by atoms with Crippen LogP contribution < -0.4 is 5.73 Å². The van der Waals surface area contributed by atoms with Crippen LogP contribution in [0.25, 0.3) is 0 Å². The van der Waals surface area contributed by atoms with E-state index >= 15 is 0 Å². The number of morpholine rings is 1. The molecule has 0 bridgehead atoms. The molecule has 2 heterocycles. The van der Waals surface area contributed by atoms with Crippen molar-refractivity contribution in [3.8, 4) is 0 Å². The highest BCUT2D eigenvalue weighted by Crippen LogP contribution is 2.08. The van der Waals surface area contributed by atoms with E-state index < -0.39 is 6.04 Å². The Balaban J connectivity index is 0.00000196. The Labute approximate surface area is 179 Å². The second-order valence-corrected chi connectivity index (χ2v) is 6.89. The van der Waals surface area contributed by atoms with Gasteiger partial charge in [0.05, 0.1) is 25.8 Å². The van der Waals surface area contributed by atoms with Gasteiger partial charge in [-0.2, -0.15) is 0 Å². The molecular weight excluding hydrogens is 403 g/mol. The van der Waals surface area contributed by atoms with Crippen molar-refractivity contribution in [2.24, 2.45) is 5.73 Å². The molecule has 2 aliphatic rings. The Hall–Kier alpha value is -1.38. The molecule has 9 heteroatoms. The molecule has 0 radical (unpaired) electrons. The molecule has 1 aromatic carbocycles. The number of carbonyl (C=O) groups is 2. The third kappa shape index (κ3) is 6.90. The summed E-state index contributed by atoms with van der Waals surface area (Å²) in [7, 11) is 0. The quantitative estimate of drug-likeness (QED) is 0.728. The lowest BCUT2D eigenvalue weighted by atomic mass is 10.1. The van der Waals surface area contributed by atoms with Gasteiger partial charge < -0.3 is 20.3 Å². The topological polar surface area (TPSA) is 79.1 Å². The van der Waals surface area contributed by atoms with Crippen molar-refractivity contribution < 1.29 is 14.3 Å². The molecule has 0 aliphatic carbocycles. The van der Waals surface area contributed by atoms with Crippen molar-refractivity contribution in [2.75, 3.05) is 59.0 Å². The highest BCUT2D eigenvalue weighted by Gasteiger charge is 2.27. The number of carbonyl (C=O) groups excluding carboxylic acids is 2. The third-order valence-electron chi connectivity index (χ3n) is 5.02. The fourth-order valence-electron chi connectivity index (χ4n) is 3.42. The van der Waals surface area contributed by atoms with Gasteiger partial charge in [-0.15, -0.1) is 24.8 Å². The van der Waals surface area contributed by atoms with Crippen molar-refractivity contribution in [1.82, 2.24) is 14.7 Å². The van der Waals surface area contributed by atoms with Gasteiger partial charge in [0.25, 0.3) is 0 Å². The number of nitrogens with zero attached hydrogens (tertiary/aromatic N) is 3. The van der Waals surface area contributed by atoms with E-state index in [1.165, 1.54) is 0 Å². The summed E-state index contributed by atoms with van der Waals surface area (Å²) in [5.41, 5.74) is 7.19. The monoisotopic (exact) mass is 432 g/mol. The molecule has 2 fully saturated rings. The lowest BCUT2D eigenvalue weighted by Gasteiger charge is -2.36. The molecule has 28 heavy (non-hydrogen) atoms. The zero-order valence-corrected chi connectivity index (χ0v) is 17.6. The number of benzene rings is 1. The van der Waals surface area contributed by atoms with E-state index in [2.05, 4.69) is 4.90 Å². The number of amides is 2. The van der Waals surface area contributed by atoms with E-state index in [-0.39, 0.29) is 36.6 Å². The summed E-state index contributed by atoms with van der Waals surface area (Å²) in [6.07, 6.45) is 0.551. The fraction of sp³-hybridized carbons (Fsp3) is 0.579. The summed E-state index contributed by atoms with van der Waals surface area (Å²) in [6.45, 7) is 5.66. The van der Waals surface area contributed by atoms with Crippen molar-refractivity contribution in [2.45, 2.75) is 12.5 Å². The number of ether oxygens (including phenoxy) is 1. The molecule has 1 aromatic rings. The van der Waals surface area contributed by atoms with Crippen LogP contribution in [0.3, 0.4) is 0 Å². The Morgan fingerprint density at radius 3 is 2.14 bits per heavy atom. The largest absolute Gasteiger partial charge is 0.378 e. The van der Waals surface area contributed by atoms with Gasteiger partial charge in [0.1, 0.15) is 0 Å². The molecule has 2 aliphatic heterocycles. The van der Waals surface area contributed by atoms with Crippen LogP contribution in [0.2, 0.25) is 0 Å². The molecule has 2 N–H and O–H groups in total. The average Bonchev–Trinajstić information content (AvgIpc) is 2.69.